The van der Waals surface area contributed by atoms with E-state index >= 15 is 0 Å². The molecule has 0 saturated carbocycles. The lowest BCUT2D eigenvalue weighted by atomic mass is 10.2. The van der Waals surface area contributed by atoms with Crippen molar-refractivity contribution in [3.05, 3.63) is 46.3 Å². The van der Waals surface area contributed by atoms with Crippen LogP contribution in [0.4, 0.5) is 0 Å². The van der Waals surface area contributed by atoms with Crippen LogP contribution in [0, 0.1) is 0 Å². The molecule has 2 N–H and O–H groups in total. The summed E-state index contributed by atoms with van der Waals surface area (Å²) in [5.41, 5.74) is 1.07. The molecular weight excluding hydrogens is 362 g/mol. The summed E-state index contributed by atoms with van der Waals surface area (Å²) in [4.78, 5) is 12.4. The molecule has 1 unspecified atom stereocenters. The molecule has 1 atom stereocenters. The van der Waals surface area contributed by atoms with Gasteiger partial charge in [0, 0.05) is 50.4 Å². The number of hydrogen-bond acceptors (Lipinski definition) is 6. The van der Waals surface area contributed by atoms with E-state index in [9.17, 15) is 0 Å². The van der Waals surface area contributed by atoms with E-state index in [1.54, 1.807) is 31.7 Å². The topological polar surface area (TPSA) is 71.0 Å². The summed E-state index contributed by atoms with van der Waals surface area (Å²) in [6, 6.07) is 8.48. The maximum Gasteiger partial charge on any atom is 0.212 e. The first-order valence-electron chi connectivity index (χ1n) is 9.09. The molecule has 0 spiro atoms. The molecule has 3 rings (SSSR count). The Morgan fingerprint density at radius 3 is 2.81 bits per heavy atom. The number of morpholine rings is 1. The Labute approximate surface area is 164 Å². The van der Waals surface area contributed by atoms with Crippen LogP contribution in [0.2, 0.25) is 0 Å². The third kappa shape index (κ3) is 5.66. The van der Waals surface area contributed by atoms with E-state index in [0.29, 0.717) is 18.5 Å². The highest BCUT2D eigenvalue weighted by Crippen LogP contribution is 2.25. The van der Waals surface area contributed by atoms with Crippen LogP contribution in [0.5, 0.6) is 5.88 Å². The van der Waals surface area contributed by atoms with Crippen LogP contribution >= 0.6 is 11.3 Å². The molecule has 0 aliphatic carbocycles. The molecular formula is C19H27N5O2S. The first-order chi connectivity index (χ1) is 13.3. The number of guanidine groups is 1. The Kier molecular flexibility index (Phi) is 7.44. The number of methoxy groups -OCH3 is 1. The lowest BCUT2D eigenvalue weighted by Crippen LogP contribution is -2.46. The predicted molar refractivity (Wildman–Crippen MR) is 108 cm³/mol. The number of thiophene rings is 1. The maximum atomic E-state index is 5.51. The first-order valence-corrected chi connectivity index (χ1v) is 9.96. The quantitative estimate of drug-likeness (QED) is 0.557. The van der Waals surface area contributed by atoms with Gasteiger partial charge >= 0.3 is 0 Å². The highest BCUT2D eigenvalue weighted by Gasteiger charge is 2.23. The van der Waals surface area contributed by atoms with Crippen LogP contribution in [-0.4, -0.2) is 62.8 Å². The van der Waals surface area contributed by atoms with Crippen LogP contribution in [0.1, 0.15) is 16.5 Å². The Bertz CT molecular complexity index is 699. The summed E-state index contributed by atoms with van der Waals surface area (Å²) in [5, 5.41) is 8.94. The lowest BCUT2D eigenvalue weighted by molar-refractivity contribution is 0.0177. The summed E-state index contributed by atoms with van der Waals surface area (Å²) in [7, 11) is 3.40. The maximum absolute atomic E-state index is 5.51. The second-order valence-electron chi connectivity index (χ2n) is 6.20. The second kappa shape index (κ2) is 10.2. The Morgan fingerprint density at radius 2 is 2.19 bits per heavy atom. The molecule has 0 aromatic carbocycles. The molecule has 1 aliphatic heterocycles. The zero-order valence-corrected chi connectivity index (χ0v) is 16.7. The average Bonchev–Trinajstić information content (AvgIpc) is 3.26. The number of aliphatic imine (C=N–C) groups is 1. The normalized spacial score (nSPS) is 16.7. The van der Waals surface area contributed by atoms with Gasteiger partial charge in [0.15, 0.2) is 5.96 Å². The van der Waals surface area contributed by atoms with Crippen molar-refractivity contribution in [1.29, 1.82) is 0 Å². The molecule has 7 nitrogen and oxygen atoms in total. The van der Waals surface area contributed by atoms with Gasteiger partial charge in [-0.1, -0.05) is 12.1 Å². The van der Waals surface area contributed by atoms with Crippen molar-refractivity contribution >= 4 is 17.3 Å². The van der Waals surface area contributed by atoms with Crippen molar-refractivity contribution in [2.45, 2.75) is 12.6 Å². The van der Waals surface area contributed by atoms with Crippen molar-refractivity contribution < 1.29 is 9.47 Å². The SMILES string of the molecule is CN=C(NCc1ccc(OC)nc1)NCC(c1cccs1)N1CCOCC1. The molecule has 8 heteroatoms. The van der Waals surface area contributed by atoms with E-state index in [2.05, 4.69) is 43.0 Å². The molecule has 27 heavy (non-hydrogen) atoms. The number of aromatic nitrogens is 1. The van der Waals surface area contributed by atoms with Crippen LogP contribution in [0.25, 0.3) is 0 Å². The van der Waals surface area contributed by atoms with E-state index in [1.807, 2.05) is 12.1 Å². The number of rotatable bonds is 7. The molecule has 2 aromatic rings. The van der Waals surface area contributed by atoms with Gasteiger partial charge in [-0.25, -0.2) is 4.98 Å². The van der Waals surface area contributed by atoms with Gasteiger partial charge in [0.05, 0.1) is 26.4 Å². The average molecular weight is 390 g/mol. The van der Waals surface area contributed by atoms with E-state index in [1.165, 1.54) is 4.88 Å². The number of pyridine rings is 1. The standard InChI is InChI=1S/C19H27N5O2S/c1-20-19(22-13-15-5-6-18(25-2)21-12-15)23-14-16(17-4-3-11-27-17)24-7-9-26-10-8-24/h3-6,11-12,16H,7-10,13-14H2,1-2H3,(H2,20,22,23). The van der Waals surface area contributed by atoms with Gasteiger partial charge in [-0.05, 0) is 17.0 Å². The van der Waals surface area contributed by atoms with Gasteiger partial charge < -0.3 is 20.1 Å². The number of hydrogen-bond donors (Lipinski definition) is 2. The van der Waals surface area contributed by atoms with Crippen LogP contribution < -0.4 is 15.4 Å². The van der Waals surface area contributed by atoms with Crippen LogP contribution in [-0.2, 0) is 11.3 Å². The first kappa shape index (κ1) is 19.6. The Hall–Kier alpha value is -2.16. The van der Waals surface area contributed by atoms with Crippen LogP contribution in [0.3, 0.4) is 0 Å². The third-order valence-corrected chi connectivity index (χ3v) is 5.48. The molecule has 1 saturated heterocycles. The zero-order chi connectivity index (χ0) is 18.9. The molecule has 2 aromatic heterocycles. The monoisotopic (exact) mass is 389 g/mol. The minimum Gasteiger partial charge on any atom is -0.481 e. The Morgan fingerprint density at radius 1 is 1.33 bits per heavy atom. The predicted octanol–water partition coefficient (Wildman–Crippen LogP) is 1.89. The fraction of sp³-hybridized carbons (Fsp3) is 0.474. The Balaban J connectivity index is 1.55. The third-order valence-electron chi connectivity index (χ3n) is 4.51. The number of ether oxygens (including phenoxy) is 2. The fourth-order valence-electron chi connectivity index (χ4n) is 3.02. The minimum absolute atomic E-state index is 0.315. The van der Waals surface area contributed by atoms with Gasteiger partial charge in [0.25, 0.3) is 0 Å². The van der Waals surface area contributed by atoms with Crippen molar-refractivity contribution in [3.8, 4) is 5.88 Å². The summed E-state index contributed by atoms with van der Waals surface area (Å²) < 4.78 is 10.6. The van der Waals surface area contributed by atoms with E-state index < -0.39 is 0 Å². The lowest BCUT2D eigenvalue weighted by Gasteiger charge is -2.34. The van der Waals surface area contributed by atoms with Crippen molar-refractivity contribution in [1.82, 2.24) is 20.5 Å². The van der Waals surface area contributed by atoms with Crippen molar-refractivity contribution in [3.63, 3.8) is 0 Å². The highest BCUT2D eigenvalue weighted by molar-refractivity contribution is 7.10. The second-order valence-corrected chi connectivity index (χ2v) is 7.17. The molecule has 146 valence electrons. The highest BCUT2D eigenvalue weighted by atomic mass is 32.1. The molecule has 1 fully saturated rings. The van der Waals surface area contributed by atoms with Gasteiger partial charge in [0.2, 0.25) is 5.88 Å². The summed E-state index contributed by atoms with van der Waals surface area (Å²) in [5.74, 6) is 1.39. The minimum atomic E-state index is 0.315. The summed E-state index contributed by atoms with van der Waals surface area (Å²) in [6.45, 7) is 4.93. The van der Waals surface area contributed by atoms with Gasteiger partial charge in [0.1, 0.15) is 0 Å². The molecule has 0 radical (unpaired) electrons. The molecule has 0 amide bonds. The van der Waals surface area contributed by atoms with E-state index in [0.717, 1.165) is 44.4 Å². The molecule has 3 heterocycles. The fourth-order valence-corrected chi connectivity index (χ4v) is 3.88. The van der Waals surface area contributed by atoms with Gasteiger partial charge in [-0.15, -0.1) is 11.3 Å². The zero-order valence-electron chi connectivity index (χ0n) is 15.9. The number of nitrogens with one attached hydrogen (secondary N) is 2. The molecule has 1 aliphatic rings. The van der Waals surface area contributed by atoms with Crippen LogP contribution in [0.15, 0.2) is 40.8 Å². The summed E-state index contributed by atoms with van der Waals surface area (Å²) >= 11 is 1.79. The largest absolute Gasteiger partial charge is 0.481 e. The van der Waals surface area contributed by atoms with Gasteiger partial charge in [-0.3, -0.25) is 9.89 Å². The van der Waals surface area contributed by atoms with E-state index in [4.69, 9.17) is 9.47 Å². The number of nitrogens with zero attached hydrogens (tertiary/aromatic N) is 3. The van der Waals surface area contributed by atoms with E-state index in [-0.39, 0.29) is 0 Å². The van der Waals surface area contributed by atoms with Crippen molar-refractivity contribution in [2.75, 3.05) is 47.0 Å². The molecule has 0 bridgehead atoms. The smallest absolute Gasteiger partial charge is 0.212 e. The van der Waals surface area contributed by atoms with Gasteiger partial charge in [-0.2, -0.15) is 0 Å². The summed E-state index contributed by atoms with van der Waals surface area (Å²) in [6.07, 6.45) is 1.81. The van der Waals surface area contributed by atoms with Crippen molar-refractivity contribution in [2.24, 2.45) is 4.99 Å².